The van der Waals surface area contributed by atoms with E-state index < -0.39 is 111 Å². The van der Waals surface area contributed by atoms with Crippen LogP contribution in [0.2, 0.25) is 0 Å². The number of anilines is 2. The van der Waals surface area contributed by atoms with E-state index in [0.717, 1.165) is 13.0 Å². The molecule has 0 unspecified atom stereocenters. The van der Waals surface area contributed by atoms with Crippen molar-refractivity contribution in [3.8, 4) is 11.5 Å². The van der Waals surface area contributed by atoms with Crippen molar-refractivity contribution in [1.82, 2.24) is 0 Å². The Labute approximate surface area is 368 Å². The van der Waals surface area contributed by atoms with Crippen molar-refractivity contribution in [2.75, 3.05) is 9.44 Å². The summed E-state index contributed by atoms with van der Waals surface area (Å²) in [5.74, 6) is -7.44. The molecule has 0 amide bonds. The van der Waals surface area contributed by atoms with Crippen LogP contribution in [0.15, 0.2) is 49.9 Å². The number of aryl methyl sites for hydroxylation is 2. The molecule has 0 aromatic heterocycles. The number of benzene rings is 3. The number of hydrogen-bond donors (Lipinski definition) is 4. The van der Waals surface area contributed by atoms with Gasteiger partial charge < -0.3 is 29.5 Å². The Bertz CT molecular complexity index is 2110. The predicted molar refractivity (Wildman–Crippen MR) is 144 cm³/mol. The van der Waals surface area contributed by atoms with Gasteiger partial charge in [0.05, 0.1) is 32.3 Å². The Kier molecular flexibility index (Phi) is 18.6. The van der Waals surface area contributed by atoms with Gasteiger partial charge in [-0.15, -0.1) is 0 Å². The van der Waals surface area contributed by atoms with Gasteiger partial charge >= 0.3 is 130 Å². The van der Waals surface area contributed by atoms with Crippen LogP contribution in [0.25, 0.3) is 0 Å². The minimum absolute atomic E-state index is 0. The number of aromatic carboxylic acids is 2. The monoisotopic (exact) mass is 798 g/mol. The van der Waals surface area contributed by atoms with Crippen molar-refractivity contribution in [1.29, 1.82) is 0 Å². The molecule has 3 aromatic rings. The summed E-state index contributed by atoms with van der Waals surface area (Å²) >= 11 is 0. The van der Waals surface area contributed by atoms with E-state index >= 15 is 0 Å². The predicted octanol–water partition coefficient (Wildman–Crippen LogP) is -12.4. The zero-order chi connectivity index (χ0) is 34.6. The number of hydrogen-bond acceptors (Lipinski definition) is 14. The maximum atomic E-state index is 13.5. The van der Waals surface area contributed by atoms with E-state index in [9.17, 15) is 72.8 Å². The smallest absolute Gasteiger partial charge is 0.871 e. The molecule has 0 aliphatic rings. The number of rotatable bonds is 10. The van der Waals surface area contributed by atoms with Crippen molar-refractivity contribution in [2.24, 2.45) is 0 Å². The standard InChI is InChI=1S/C23H22N2O16S4.4Na/c1-9-4-10(2)21(43(34,35)25-13-6-15(23(30)31)19(27)17(8-13)45(39,40)41)11(3)20(9)42(32,33)24-12-5-14(22(28)29)18(26)16(7-12)44(36,37)38;;;;/h4-8,24-27H,1-3H3,(H,28,29)(H,30,31)(H,36,37,38)(H,39,40,41);;;;/q;4*+1/p-4. The first kappa shape index (κ1) is 50.6. The van der Waals surface area contributed by atoms with Crippen LogP contribution in [0, 0.1) is 20.8 Å². The number of sulfonamides is 2. The van der Waals surface area contributed by atoms with Gasteiger partial charge in [0.1, 0.15) is 20.2 Å². The minimum Gasteiger partial charge on any atom is -0.871 e. The summed E-state index contributed by atoms with van der Waals surface area (Å²) in [5.41, 5.74) is -5.05. The third kappa shape index (κ3) is 11.3. The van der Waals surface area contributed by atoms with E-state index in [4.69, 9.17) is 0 Å². The third-order valence-electron chi connectivity index (χ3n) is 5.98. The minimum atomic E-state index is -5.60. The molecule has 244 valence electrons. The molecule has 0 heterocycles. The van der Waals surface area contributed by atoms with Crippen LogP contribution in [0.4, 0.5) is 11.4 Å². The average Bonchev–Trinajstić information content (AvgIpc) is 2.82. The second kappa shape index (κ2) is 18.0. The molecule has 0 aliphatic carbocycles. The van der Waals surface area contributed by atoms with Crippen LogP contribution in [-0.2, 0) is 40.3 Å². The first-order chi connectivity index (χ1) is 20.3. The Morgan fingerprint density at radius 2 is 0.857 bits per heavy atom. The zero-order valence-electron chi connectivity index (χ0n) is 26.6. The molecule has 4 N–H and O–H groups in total. The summed E-state index contributed by atoms with van der Waals surface area (Å²) in [5, 5.41) is 42.7. The maximum Gasteiger partial charge on any atom is 1.00 e. The summed E-state index contributed by atoms with van der Waals surface area (Å²) < 4.78 is 127. The number of carbonyl (C=O) groups is 2. The molecule has 0 spiro atoms. The topological polar surface area (TPSA) is 327 Å². The van der Waals surface area contributed by atoms with Crippen molar-refractivity contribution >= 4 is 63.6 Å². The van der Waals surface area contributed by atoms with Crippen LogP contribution >= 0.6 is 0 Å². The Balaban J connectivity index is 0. The van der Waals surface area contributed by atoms with Crippen molar-refractivity contribution in [3.63, 3.8) is 0 Å². The van der Waals surface area contributed by atoms with Gasteiger partial charge in [-0.25, -0.2) is 43.3 Å². The molecule has 3 rings (SSSR count). The molecule has 0 saturated carbocycles. The molecular formula is C23H18N2Na4O16S4. The van der Waals surface area contributed by atoms with Gasteiger partial charge in [-0.3, -0.25) is 9.44 Å². The van der Waals surface area contributed by atoms with Crippen LogP contribution < -0.4 is 138 Å². The molecule has 0 fully saturated rings. The summed E-state index contributed by atoms with van der Waals surface area (Å²) in [6, 6.07) is 2.46. The molecule has 0 aliphatic heterocycles. The largest absolute Gasteiger partial charge is 1.00 e. The van der Waals surface area contributed by atoms with Crippen LogP contribution in [0.1, 0.15) is 37.4 Å². The average molecular weight is 799 g/mol. The summed E-state index contributed by atoms with van der Waals surface area (Å²) in [6.07, 6.45) is 0. The third-order valence-corrected chi connectivity index (χ3v) is 11.0. The fourth-order valence-electron chi connectivity index (χ4n) is 4.40. The van der Waals surface area contributed by atoms with Gasteiger partial charge in [0, 0.05) is 9.79 Å². The van der Waals surface area contributed by atoms with Crippen LogP contribution in [0.5, 0.6) is 11.5 Å². The molecule has 26 heteroatoms. The van der Waals surface area contributed by atoms with E-state index in [1.807, 2.05) is 0 Å². The Morgan fingerprint density at radius 3 is 1.10 bits per heavy atom. The quantitative estimate of drug-likeness (QED) is 0.109. The van der Waals surface area contributed by atoms with Gasteiger partial charge in [0.15, 0.2) is 0 Å². The maximum absolute atomic E-state index is 13.5. The molecule has 18 nitrogen and oxygen atoms in total. The van der Waals surface area contributed by atoms with Crippen LogP contribution in [0.3, 0.4) is 0 Å². The molecule has 0 radical (unpaired) electrons. The molecule has 0 bridgehead atoms. The van der Waals surface area contributed by atoms with Gasteiger partial charge in [0.2, 0.25) is 0 Å². The molecule has 0 atom stereocenters. The van der Waals surface area contributed by atoms with Gasteiger partial charge in [-0.2, -0.15) is 0 Å². The number of carboxylic acids is 2. The van der Waals surface area contributed by atoms with Crippen molar-refractivity contribution < 1.29 is 191 Å². The normalized spacial score (nSPS) is 11.4. The van der Waals surface area contributed by atoms with Crippen molar-refractivity contribution in [3.05, 3.63) is 58.1 Å². The molecule has 49 heavy (non-hydrogen) atoms. The molecule has 3 aromatic carbocycles. The van der Waals surface area contributed by atoms with E-state index in [2.05, 4.69) is 0 Å². The second-order valence-electron chi connectivity index (χ2n) is 9.23. The van der Waals surface area contributed by atoms with Gasteiger partial charge in [-0.1, -0.05) is 17.6 Å². The fourth-order valence-corrected chi connectivity index (χ4v) is 8.72. The summed E-state index contributed by atoms with van der Waals surface area (Å²) in [7, 11) is -21.2. The van der Waals surface area contributed by atoms with Gasteiger partial charge in [0.25, 0.3) is 20.0 Å². The summed E-state index contributed by atoms with van der Waals surface area (Å²) in [4.78, 5) is 18.2. The van der Waals surface area contributed by atoms with E-state index in [1.165, 1.54) is 13.8 Å². The fraction of sp³-hybridized carbons (Fsp3) is 0.130. The van der Waals surface area contributed by atoms with E-state index in [0.29, 0.717) is 12.1 Å². The first-order valence-electron chi connectivity index (χ1n) is 11.5. The molecular weight excluding hydrogens is 780 g/mol. The zero-order valence-corrected chi connectivity index (χ0v) is 37.9. The number of nitrogens with one attached hydrogen (secondary N) is 2. The Morgan fingerprint density at radius 1 is 0.571 bits per heavy atom. The number of carboxylic acid groups (broad SMARTS) is 2. The Hall–Kier alpha value is -0.480. The van der Waals surface area contributed by atoms with E-state index in [1.54, 1.807) is 9.44 Å². The van der Waals surface area contributed by atoms with E-state index in [-0.39, 0.29) is 141 Å². The SMILES string of the molecule is Cc1cc(C)c(S(=O)(=O)Nc2cc(C(=O)O)c([O-])c(S(=O)(=O)[O-])c2)c(C)c1S(=O)(=O)Nc1cc(C(=O)O)c([O-])c(S(=O)(=O)[O-])c1.[Na+].[Na+].[Na+].[Na+]. The van der Waals surface area contributed by atoms with Crippen molar-refractivity contribution in [2.45, 2.75) is 40.4 Å². The second-order valence-corrected chi connectivity index (χ2v) is 15.2. The first-order valence-corrected chi connectivity index (χ1v) is 17.3. The van der Waals surface area contributed by atoms with Crippen LogP contribution in [-0.4, -0.2) is 64.9 Å². The summed E-state index contributed by atoms with van der Waals surface area (Å²) in [6.45, 7) is 3.43. The van der Waals surface area contributed by atoms with Gasteiger partial charge in [-0.05, 0) is 61.7 Å². The molecule has 0 saturated heterocycles.